The third-order valence-electron chi connectivity index (χ3n) is 11.5. The van der Waals surface area contributed by atoms with Crippen LogP contribution < -0.4 is 10.6 Å². The normalized spacial score (nSPS) is 26.4. The van der Waals surface area contributed by atoms with Gasteiger partial charge in [-0.2, -0.15) is 5.06 Å². The minimum absolute atomic E-state index is 0.0379. The Kier molecular flexibility index (Phi) is 14.6. The molecule has 58 heavy (non-hydrogen) atoms. The molecular formula is C44H60IN3O10. The molecule has 13 nitrogen and oxygen atoms in total. The van der Waals surface area contributed by atoms with Crippen molar-refractivity contribution in [3.63, 3.8) is 0 Å². The van der Waals surface area contributed by atoms with Crippen molar-refractivity contribution in [1.29, 1.82) is 0 Å². The minimum atomic E-state index is -1.34. The smallest absolute Gasteiger partial charge is 0.327 e. The summed E-state index contributed by atoms with van der Waals surface area (Å²) in [7, 11) is 0. The molecule has 4 aliphatic rings. The standard InChI is InChI=1S/C44H60IN3O10/c1-6-8-10-20-43(21-11-9-7-2)56-35-33-24-44(37(40(52)54-33)48(58-38(44)36(35)57-43)26-29-15-13-17-31(45)23-29)41(53)46-25-28-14-12-16-30(22-28)39(51)47-32(27-49)18-19-34(50)55-42(3,4)5/h12-17,22-23,32-33,35-38,49H,6-11,18-21,24-27H2,1-5H3,(H,46,53)(H,47,51)/t32-,33?,35-,36-,37-,38+,44?/m0/s1. The third-order valence-corrected chi connectivity index (χ3v) is 12.2. The van der Waals surface area contributed by atoms with E-state index < -0.39 is 71.1 Å². The number of esters is 2. The summed E-state index contributed by atoms with van der Waals surface area (Å²) in [5, 5.41) is 17.5. The molecule has 6 rings (SSSR count). The molecule has 0 radical (unpaired) electrons. The Morgan fingerprint density at radius 2 is 1.67 bits per heavy atom. The van der Waals surface area contributed by atoms with Gasteiger partial charge in [-0.1, -0.05) is 63.8 Å². The average Bonchev–Trinajstić information content (AvgIpc) is 3.73. The van der Waals surface area contributed by atoms with E-state index in [1.54, 1.807) is 50.1 Å². The van der Waals surface area contributed by atoms with Crippen LogP contribution in [0, 0.1) is 8.99 Å². The number of hydrogen-bond acceptors (Lipinski definition) is 11. The van der Waals surface area contributed by atoms with Gasteiger partial charge in [0.1, 0.15) is 35.4 Å². The second kappa shape index (κ2) is 19.1. The maximum Gasteiger partial charge on any atom is 0.327 e. The van der Waals surface area contributed by atoms with Crippen molar-refractivity contribution in [1.82, 2.24) is 15.7 Å². The van der Waals surface area contributed by atoms with Crippen molar-refractivity contribution in [2.45, 2.75) is 166 Å². The Hall–Kier alpha value is -3.15. The topological polar surface area (TPSA) is 162 Å². The highest BCUT2D eigenvalue weighted by molar-refractivity contribution is 14.1. The number of benzene rings is 2. The van der Waals surface area contributed by atoms with Crippen LogP contribution in [0.15, 0.2) is 48.5 Å². The van der Waals surface area contributed by atoms with Gasteiger partial charge in [-0.05, 0) is 98.0 Å². The number of nitrogens with zero attached hydrogens (tertiary/aromatic N) is 1. The number of aliphatic hydroxyl groups is 1. The molecule has 14 heteroatoms. The molecule has 4 fully saturated rings. The molecule has 2 aromatic carbocycles. The number of carbonyl (C=O) groups is 4. The molecule has 7 atom stereocenters. The molecule has 2 amide bonds. The van der Waals surface area contributed by atoms with Crippen molar-refractivity contribution < 1.29 is 48.1 Å². The van der Waals surface area contributed by atoms with Crippen LogP contribution in [0.25, 0.3) is 0 Å². The van der Waals surface area contributed by atoms with Gasteiger partial charge in [0.2, 0.25) is 5.91 Å². The molecule has 318 valence electrons. The van der Waals surface area contributed by atoms with Gasteiger partial charge in [-0.3, -0.25) is 24.0 Å². The summed E-state index contributed by atoms with van der Waals surface area (Å²) in [4.78, 5) is 61.3. The van der Waals surface area contributed by atoms with Gasteiger partial charge in [0.25, 0.3) is 5.91 Å². The second-order valence-electron chi connectivity index (χ2n) is 17.2. The molecular weight excluding hydrogens is 857 g/mol. The number of fused-ring (bicyclic) bond motifs is 4. The van der Waals surface area contributed by atoms with E-state index in [9.17, 15) is 24.3 Å². The third kappa shape index (κ3) is 10.1. The predicted octanol–water partition coefficient (Wildman–Crippen LogP) is 6.26. The van der Waals surface area contributed by atoms with Crippen LogP contribution in [0.2, 0.25) is 0 Å². The van der Waals surface area contributed by atoms with Gasteiger partial charge < -0.3 is 34.7 Å². The Bertz CT molecular complexity index is 1780. The zero-order chi connectivity index (χ0) is 41.7. The average molecular weight is 918 g/mol. The highest BCUT2D eigenvalue weighted by Crippen LogP contribution is 2.58. The first-order valence-corrected chi connectivity index (χ1v) is 22.0. The van der Waals surface area contributed by atoms with Crippen LogP contribution in [0.4, 0.5) is 0 Å². The number of halogens is 1. The quantitative estimate of drug-likeness (QED) is 0.0829. The highest BCUT2D eigenvalue weighted by atomic mass is 127. The van der Waals surface area contributed by atoms with Crippen molar-refractivity contribution in [2.24, 2.45) is 5.41 Å². The summed E-state index contributed by atoms with van der Waals surface area (Å²) in [6, 6.07) is 13.1. The first kappa shape index (κ1) is 44.4. The number of hydrogen-bond donors (Lipinski definition) is 3. The largest absolute Gasteiger partial charge is 0.460 e. The van der Waals surface area contributed by atoms with Gasteiger partial charge in [-0.15, -0.1) is 0 Å². The summed E-state index contributed by atoms with van der Waals surface area (Å²) >= 11 is 2.25. The fourth-order valence-electron chi connectivity index (χ4n) is 8.84. The molecule has 2 bridgehead atoms. The molecule has 2 unspecified atom stereocenters. The van der Waals surface area contributed by atoms with Crippen LogP contribution in [0.3, 0.4) is 0 Å². The summed E-state index contributed by atoms with van der Waals surface area (Å²) < 4.78 is 26.4. The number of amides is 2. The molecule has 3 aliphatic heterocycles. The second-order valence-corrected chi connectivity index (χ2v) is 18.5. The lowest BCUT2D eigenvalue weighted by atomic mass is 9.62. The van der Waals surface area contributed by atoms with E-state index in [1.165, 1.54) is 0 Å². The van der Waals surface area contributed by atoms with Gasteiger partial charge in [0.15, 0.2) is 11.8 Å². The SMILES string of the molecule is CCCCCC1(CCCCC)O[C@@H]2[C@H]3ON(Cc4cccc(I)c4)[C@H]4C(=O)OC(CC34C(=O)NCc3cccc(C(=O)N[C@H](CO)CCC(=O)OC(C)(C)C)c3)[C@@H]2O1. The van der Waals surface area contributed by atoms with Gasteiger partial charge in [0.05, 0.1) is 19.2 Å². The van der Waals surface area contributed by atoms with Crippen LogP contribution >= 0.6 is 22.6 Å². The lowest BCUT2D eigenvalue weighted by Crippen LogP contribution is -2.69. The van der Waals surface area contributed by atoms with E-state index in [1.807, 2.05) is 24.3 Å². The maximum atomic E-state index is 14.9. The Labute approximate surface area is 355 Å². The fourth-order valence-corrected chi connectivity index (χ4v) is 9.45. The predicted molar refractivity (Wildman–Crippen MR) is 223 cm³/mol. The summed E-state index contributed by atoms with van der Waals surface area (Å²) in [5.74, 6) is -2.59. The summed E-state index contributed by atoms with van der Waals surface area (Å²) in [6.45, 7) is 9.64. The summed E-state index contributed by atoms with van der Waals surface area (Å²) in [5.41, 5.74) is -0.0646. The highest BCUT2D eigenvalue weighted by Gasteiger charge is 2.76. The van der Waals surface area contributed by atoms with E-state index in [0.717, 1.165) is 47.7 Å². The molecule has 1 saturated carbocycles. The van der Waals surface area contributed by atoms with Crippen LogP contribution in [0.1, 0.15) is 127 Å². The maximum absolute atomic E-state index is 14.9. The minimum Gasteiger partial charge on any atom is -0.460 e. The lowest BCUT2D eigenvalue weighted by Gasteiger charge is -2.48. The number of carbonyl (C=O) groups excluding carboxylic acids is 4. The molecule has 1 aliphatic carbocycles. The van der Waals surface area contributed by atoms with Crippen LogP contribution in [-0.4, -0.2) is 88.4 Å². The number of rotatable bonds is 19. The number of nitrogens with one attached hydrogen (secondary N) is 2. The Balaban J connectivity index is 1.22. The van der Waals surface area contributed by atoms with Gasteiger partial charge >= 0.3 is 11.9 Å². The first-order chi connectivity index (χ1) is 27.7. The van der Waals surface area contributed by atoms with E-state index >= 15 is 0 Å². The molecule has 3 saturated heterocycles. The molecule has 0 spiro atoms. The Morgan fingerprint density at radius 1 is 0.983 bits per heavy atom. The zero-order valence-electron chi connectivity index (χ0n) is 34.4. The van der Waals surface area contributed by atoms with E-state index in [2.05, 4.69) is 47.1 Å². The Morgan fingerprint density at radius 3 is 2.34 bits per heavy atom. The lowest BCUT2D eigenvalue weighted by molar-refractivity contribution is -0.224. The van der Waals surface area contributed by atoms with E-state index in [-0.39, 0.29) is 44.9 Å². The van der Waals surface area contributed by atoms with Crippen molar-refractivity contribution in [3.8, 4) is 0 Å². The van der Waals surface area contributed by atoms with Gasteiger partial charge in [0, 0.05) is 41.4 Å². The van der Waals surface area contributed by atoms with Crippen molar-refractivity contribution >= 4 is 46.3 Å². The monoisotopic (exact) mass is 917 g/mol. The van der Waals surface area contributed by atoms with Crippen molar-refractivity contribution in [2.75, 3.05) is 6.61 Å². The molecule has 2 aromatic rings. The molecule has 3 heterocycles. The van der Waals surface area contributed by atoms with E-state index in [0.29, 0.717) is 24.0 Å². The zero-order valence-corrected chi connectivity index (χ0v) is 36.6. The van der Waals surface area contributed by atoms with Crippen LogP contribution in [-0.2, 0) is 51.3 Å². The number of ether oxygens (including phenoxy) is 4. The fraction of sp³-hybridized carbons (Fsp3) is 0.636. The number of aliphatic hydroxyl groups excluding tert-OH is 1. The summed E-state index contributed by atoms with van der Waals surface area (Å²) in [6.07, 6.45) is 5.13. The first-order valence-electron chi connectivity index (χ1n) is 21.0. The van der Waals surface area contributed by atoms with Crippen molar-refractivity contribution in [3.05, 3.63) is 68.8 Å². The number of unbranched alkanes of at least 4 members (excludes halogenated alkanes) is 4. The number of hydroxylamine groups is 2. The molecule has 0 aromatic heterocycles. The van der Waals surface area contributed by atoms with Gasteiger partial charge in [-0.25, -0.2) is 0 Å². The van der Waals surface area contributed by atoms with E-state index in [4.69, 9.17) is 23.8 Å². The molecule has 3 N–H and O–H groups in total. The van der Waals surface area contributed by atoms with Crippen LogP contribution in [0.5, 0.6) is 0 Å².